The lowest BCUT2D eigenvalue weighted by atomic mass is 10.00. The Balaban J connectivity index is 3.61. The van der Waals surface area contributed by atoms with Crippen LogP contribution in [0.3, 0.4) is 0 Å². The van der Waals surface area contributed by atoms with E-state index >= 15 is 0 Å². The number of carbonyl (C=O) groups excluding carboxylic acids is 1. The molecule has 0 bridgehead atoms. The van der Waals surface area contributed by atoms with Crippen molar-refractivity contribution >= 4 is 5.91 Å². The summed E-state index contributed by atoms with van der Waals surface area (Å²) in [5.41, 5.74) is 0. The van der Waals surface area contributed by atoms with Gasteiger partial charge in [-0.05, 0) is 96.3 Å². The molecule has 0 radical (unpaired) electrons. The van der Waals surface area contributed by atoms with Crippen molar-refractivity contribution in [1.29, 1.82) is 0 Å². The minimum Gasteiger partial charge on any atom is -0.394 e. The van der Waals surface area contributed by atoms with Gasteiger partial charge in [0.15, 0.2) is 0 Å². The fourth-order valence-electron chi connectivity index (χ4n) is 9.35. The van der Waals surface area contributed by atoms with E-state index in [1.54, 1.807) is 0 Å². The SMILES string of the molecule is CCCCCCC/C=C/CC/C=C/CC/C=C/CCCC(O)C(O)C(CO)NC(=O)C(O)CCCCCCCCCCCCCCCCCC/C=C\C/C=C\CCCCCCCCCCCCCCC. The highest BCUT2D eigenvalue weighted by atomic mass is 16.3. The van der Waals surface area contributed by atoms with Crippen molar-refractivity contribution in [2.45, 2.75) is 334 Å². The third kappa shape index (κ3) is 50.9. The number of allylic oxidation sites excluding steroid dienone is 10. The zero-order valence-electron chi connectivity index (χ0n) is 46.5. The summed E-state index contributed by atoms with van der Waals surface area (Å²) in [6.07, 6.45) is 76.0. The molecule has 0 fully saturated rings. The van der Waals surface area contributed by atoms with Crippen molar-refractivity contribution in [3.8, 4) is 0 Å². The van der Waals surface area contributed by atoms with Gasteiger partial charge in [-0.1, -0.05) is 274 Å². The van der Waals surface area contributed by atoms with Crippen molar-refractivity contribution in [3.05, 3.63) is 60.8 Å². The molecule has 0 aromatic rings. The predicted octanol–water partition coefficient (Wildman–Crippen LogP) is 18.3. The summed E-state index contributed by atoms with van der Waals surface area (Å²) in [6, 6.07) is -1.01. The Morgan fingerprint density at radius 1 is 0.357 bits per heavy atom. The molecule has 6 heteroatoms. The summed E-state index contributed by atoms with van der Waals surface area (Å²) >= 11 is 0. The number of aliphatic hydroxyl groups is 4. The first kappa shape index (κ1) is 68.0. The molecule has 0 aliphatic carbocycles. The molecule has 0 rings (SSSR count). The van der Waals surface area contributed by atoms with Gasteiger partial charge in [-0.25, -0.2) is 0 Å². The molecular weight excluding hydrogens is 863 g/mol. The van der Waals surface area contributed by atoms with Crippen LogP contribution in [0.4, 0.5) is 0 Å². The zero-order valence-corrected chi connectivity index (χ0v) is 46.5. The number of rotatable bonds is 56. The van der Waals surface area contributed by atoms with E-state index in [0.29, 0.717) is 19.3 Å². The van der Waals surface area contributed by atoms with Crippen LogP contribution >= 0.6 is 0 Å². The molecule has 1 amide bonds. The monoisotopic (exact) mass is 982 g/mol. The summed E-state index contributed by atoms with van der Waals surface area (Å²) in [5.74, 6) is -0.598. The standard InChI is InChI=1S/C64H119NO5/c1-3-5-7-9-11-13-15-17-19-21-23-24-25-26-27-28-29-30-31-32-33-34-35-36-37-38-39-40-42-44-46-48-50-52-54-56-58-62(68)64(70)65-60(59-66)63(69)61(67)57-55-53-51-49-47-45-43-41-22-20-18-16-14-12-10-8-6-4-2/h16,18,27-28,30-31,41,43,49,51,60-63,66-69H,3-15,17,19-26,29,32-40,42,44-48,50,52-59H2,1-2H3,(H,65,70)/b18-16+,28-27-,31-30-,43-41+,51-49+. The van der Waals surface area contributed by atoms with Crippen LogP contribution in [0.1, 0.15) is 309 Å². The summed E-state index contributed by atoms with van der Waals surface area (Å²) in [4.78, 5) is 12.6. The van der Waals surface area contributed by atoms with Crippen LogP contribution in [0.5, 0.6) is 0 Å². The molecule has 0 aliphatic rings. The highest BCUT2D eigenvalue weighted by Crippen LogP contribution is 2.17. The lowest BCUT2D eigenvalue weighted by Crippen LogP contribution is -2.53. The molecule has 6 nitrogen and oxygen atoms in total. The Kier molecular flexibility index (Phi) is 56.3. The Bertz CT molecular complexity index is 1190. The number of unbranched alkanes of at least 4 members (excludes halogenated alkanes) is 37. The van der Waals surface area contributed by atoms with Crippen LogP contribution in [0.25, 0.3) is 0 Å². The molecule has 0 aromatic heterocycles. The molecule has 4 atom stereocenters. The van der Waals surface area contributed by atoms with E-state index in [1.165, 1.54) is 218 Å². The van der Waals surface area contributed by atoms with Gasteiger partial charge in [-0.3, -0.25) is 4.79 Å². The molecule has 0 saturated carbocycles. The lowest BCUT2D eigenvalue weighted by Gasteiger charge is -2.27. The van der Waals surface area contributed by atoms with Crippen LogP contribution < -0.4 is 5.32 Å². The first-order valence-electron chi connectivity index (χ1n) is 30.7. The average Bonchev–Trinajstić information content (AvgIpc) is 3.36. The maximum absolute atomic E-state index is 12.6. The fourth-order valence-corrected chi connectivity index (χ4v) is 9.35. The van der Waals surface area contributed by atoms with Crippen LogP contribution in [0.15, 0.2) is 60.8 Å². The van der Waals surface area contributed by atoms with Crippen LogP contribution in [-0.4, -0.2) is 57.3 Å². The Hall–Kier alpha value is -1.99. The van der Waals surface area contributed by atoms with Gasteiger partial charge in [0, 0.05) is 0 Å². The van der Waals surface area contributed by atoms with E-state index in [0.717, 1.165) is 57.8 Å². The van der Waals surface area contributed by atoms with Crippen molar-refractivity contribution in [1.82, 2.24) is 5.32 Å². The van der Waals surface area contributed by atoms with Gasteiger partial charge in [0.1, 0.15) is 12.2 Å². The summed E-state index contributed by atoms with van der Waals surface area (Å²) in [5, 5.41) is 44.0. The fraction of sp³-hybridized carbons (Fsp3) is 0.828. The largest absolute Gasteiger partial charge is 0.394 e. The normalized spacial score (nSPS) is 14.1. The predicted molar refractivity (Wildman–Crippen MR) is 306 cm³/mol. The smallest absolute Gasteiger partial charge is 0.249 e. The Morgan fingerprint density at radius 2 is 0.643 bits per heavy atom. The second-order valence-electron chi connectivity index (χ2n) is 21.0. The molecule has 0 spiro atoms. The maximum atomic E-state index is 12.6. The van der Waals surface area contributed by atoms with Gasteiger partial charge in [-0.2, -0.15) is 0 Å². The topological polar surface area (TPSA) is 110 Å². The lowest BCUT2D eigenvalue weighted by molar-refractivity contribution is -0.132. The van der Waals surface area contributed by atoms with E-state index in [-0.39, 0.29) is 0 Å². The first-order valence-corrected chi connectivity index (χ1v) is 30.7. The summed E-state index contributed by atoms with van der Waals surface area (Å²) < 4.78 is 0. The van der Waals surface area contributed by atoms with Crippen molar-refractivity contribution in [2.24, 2.45) is 0 Å². The minimum atomic E-state index is -1.30. The van der Waals surface area contributed by atoms with Gasteiger partial charge in [0.05, 0.1) is 18.8 Å². The Labute approximate surface area is 435 Å². The molecule has 0 saturated heterocycles. The third-order valence-corrected chi connectivity index (χ3v) is 14.2. The van der Waals surface area contributed by atoms with Crippen LogP contribution in [-0.2, 0) is 4.79 Å². The molecule has 410 valence electrons. The maximum Gasteiger partial charge on any atom is 0.249 e. The van der Waals surface area contributed by atoms with Gasteiger partial charge in [0.2, 0.25) is 5.91 Å². The second-order valence-corrected chi connectivity index (χ2v) is 21.0. The van der Waals surface area contributed by atoms with E-state index < -0.39 is 36.9 Å². The second kappa shape index (κ2) is 57.9. The van der Waals surface area contributed by atoms with Gasteiger partial charge in [-0.15, -0.1) is 0 Å². The van der Waals surface area contributed by atoms with Crippen molar-refractivity contribution in [3.63, 3.8) is 0 Å². The third-order valence-electron chi connectivity index (χ3n) is 14.2. The summed E-state index contributed by atoms with van der Waals surface area (Å²) in [6.45, 7) is 4.05. The number of amides is 1. The van der Waals surface area contributed by atoms with Crippen molar-refractivity contribution < 1.29 is 25.2 Å². The molecule has 5 N–H and O–H groups in total. The first-order chi connectivity index (χ1) is 34.5. The highest BCUT2D eigenvalue weighted by molar-refractivity contribution is 5.80. The number of hydrogen-bond acceptors (Lipinski definition) is 5. The van der Waals surface area contributed by atoms with Gasteiger partial charge >= 0.3 is 0 Å². The summed E-state index contributed by atoms with van der Waals surface area (Å²) in [7, 11) is 0. The van der Waals surface area contributed by atoms with Crippen LogP contribution in [0.2, 0.25) is 0 Å². The molecule has 4 unspecified atom stereocenters. The van der Waals surface area contributed by atoms with E-state index in [9.17, 15) is 25.2 Å². The zero-order chi connectivity index (χ0) is 50.9. The Morgan fingerprint density at radius 3 is 0.986 bits per heavy atom. The minimum absolute atomic E-state index is 0.358. The van der Waals surface area contributed by atoms with Crippen molar-refractivity contribution in [2.75, 3.05) is 6.61 Å². The molecule has 0 aromatic carbocycles. The van der Waals surface area contributed by atoms with E-state index in [4.69, 9.17) is 0 Å². The van der Waals surface area contributed by atoms with Crippen LogP contribution in [0, 0.1) is 0 Å². The molecule has 70 heavy (non-hydrogen) atoms. The van der Waals surface area contributed by atoms with Gasteiger partial charge in [0.25, 0.3) is 0 Å². The molecule has 0 aliphatic heterocycles. The van der Waals surface area contributed by atoms with E-state index in [1.807, 2.05) is 0 Å². The number of nitrogens with one attached hydrogen (secondary N) is 1. The number of carbonyl (C=O) groups is 1. The average molecular weight is 983 g/mol. The van der Waals surface area contributed by atoms with E-state index in [2.05, 4.69) is 79.9 Å². The highest BCUT2D eigenvalue weighted by Gasteiger charge is 2.28. The number of aliphatic hydroxyl groups excluding tert-OH is 4. The number of hydrogen-bond donors (Lipinski definition) is 5. The molecular formula is C64H119NO5. The quantitative estimate of drug-likeness (QED) is 0.0308. The molecule has 0 heterocycles. The van der Waals surface area contributed by atoms with Gasteiger partial charge < -0.3 is 25.7 Å².